The summed E-state index contributed by atoms with van der Waals surface area (Å²) in [5.74, 6) is 0.815. The van der Waals surface area contributed by atoms with Gasteiger partial charge in [0, 0.05) is 25.7 Å². The third-order valence-electron chi connectivity index (χ3n) is 10.3. The van der Waals surface area contributed by atoms with Gasteiger partial charge < -0.3 is 5.32 Å². The van der Waals surface area contributed by atoms with Gasteiger partial charge in [0.05, 0.1) is 11.7 Å². The summed E-state index contributed by atoms with van der Waals surface area (Å²) in [4.78, 5) is 5.33. The van der Waals surface area contributed by atoms with Gasteiger partial charge >= 0.3 is 0 Å². The predicted octanol–water partition coefficient (Wildman–Crippen LogP) is 13.9. The molecular weight excluding hydrogens is 661 g/mol. The molecule has 0 aliphatic carbocycles. The number of rotatable bonds is 8. The third kappa shape index (κ3) is 6.09. The van der Waals surface area contributed by atoms with Gasteiger partial charge in [0.25, 0.3) is 0 Å². The van der Waals surface area contributed by atoms with Crippen LogP contribution in [0.2, 0.25) is 0 Å². The van der Waals surface area contributed by atoms with Gasteiger partial charge in [0.2, 0.25) is 0 Å². The van der Waals surface area contributed by atoms with E-state index in [9.17, 15) is 0 Å². The normalized spacial score (nSPS) is 12.4. The quantitative estimate of drug-likeness (QED) is 0.124. The molecule has 1 unspecified atom stereocenters. The maximum absolute atomic E-state index is 5.33. The molecule has 9 aromatic rings. The van der Waals surface area contributed by atoms with Crippen LogP contribution in [-0.4, -0.2) is 5.84 Å². The first kappa shape index (κ1) is 32.6. The van der Waals surface area contributed by atoms with E-state index in [0.29, 0.717) is 0 Å². The van der Waals surface area contributed by atoms with Crippen molar-refractivity contribution >= 4 is 64.6 Å². The molecule has 1 N–H and O–H groups in total. The predicted molar refractivity (Wildman–Crippen MR) is 230 cm³/mol. The molecule has 2 nitrogen and oxygen atoms in total. The van der Waals surface area contributed by atoms with Crippen molar-refractivity contribution in [3.8, 4) is 22.3 Å². The Morgan fingerprint density at radius 3 is 1.98 bits per heavy atom. The van der Waals surface area contributed by atoms with Crippen LogP contribution in [0.25, 0.3) is 69.7 Å². The zero-order chi connectivity index (χ0) is 35.7. The molecule has 1 heterocycles. The van der Waals surface area contributed by atoms with E-state index in [2.05, 4.69) is 177 Å². The maximum Gasteiger partial charge on any atom is 0.135 e. The standard InChI is InChI=1S/C50H38N2S/c1-3-46(44-32-38-23-13-14-24-40(38)48-45-31-37(35-19-9-5-10-20-35)27-30-47(45)53-49(44)48)52-50(51-33(2)34-17-7-4-8-18-34)43-29-28-39(36-21-11-6-12-22-36)41-25-15-16-26-42(41)43/h4-32,46H,2-3H2,1H3,(H,51,52). The fourth-order valence-corrected chi connectivity index (χ4v) is 8.93. The molecule has 0 spiro atoms. The Balaban J connectivity index is 1.23. The summed E-state index contributed by atoms with van der Waals surface area (Å²) in [6.07, 6.45) is 0.869. The Morgan fingerprint density at radius 2 is 1.25 bits per heavy atom. The van der Waals surface area contributed by atoms with Gasteiger partial charge in [-0.1, -0.05) is 171 Å². The summed E-state index contributed by atoms with van der Waals surface area (Å²) in [6.45, 7) is 6.73. The molecule has 9 rings (SSSR count). The molecule has 0 aliphatic heterocycles. The van der Waals surface area contributed by atoms with Crippen molar-refractivity contribution in [2.75, 3.05) is 0 Å². The monoisotopic (exact) mass is 698 g/mol. The second-order valence-corrected chi connectivity index (χ2v) is 14.6. The molecule has 8 aromatic carbocycles. The lowest BCUT2D eigenvalue weighted by molar-refractivity contribution is 0.632. The first-order valence-corrected chi connectivity index (χ1v) is 19.1. The highest BCUT2D eigenvalue weighted by molar-refractivity contribution is 7.26. The second kappa shape index (κ2) is 14.0. The number of thiophene rings is 1. The highest BCUT2D eigenvalue weighted by atomic mass is 32.1. The second-order valence-electron chi connectivity index (χ2n) is 13.5. The summed E-state index contributed by atoms with van der Waals surface area (Å²) in [5, 5.41) is 11.5. The third-order valence-corrected chi connectivity index (χ3v) is 11.5. The number of nitrogens with one attached hydrogen (secondary N) is 1. The lowest BCUT2D eigenvalue weighted by Gasteiger charge is -2.23. The number of hydrogen-bond acceptors (Lipinski definition) is 2. The Labute approximate surface area is 314 Å². The average molecular weight is 699 g/mol. The van der Waals surface area contributed by atoms with Crippen LogP contribution in [0.3, 0.4) is 0 Å². The molecule has 0 radical (unpaired) electrons. The SMILES string of the molecule is C=C(/N=C(\NC(CC)c1cc2ccccc2c2c1sc1ccc(-c3ccccc3)cc12)c1ccc(-c2ccccc2)c2ccccc12)c1ccccc1. The van der Waals surface area contributed by atoms with Gasteiger partial charge in [-0.3, -0.25) is 0 Å². The van der Waals surface area contributed by atoms with Gasteiger partial charge in [-0.05, 0) is 79.5 Å². The van der Waals surface area contributed by atoms with Gasteiger partial charge in [-0.15, -0.1) is 11.3 Å². The fraction of sp³-hybridized carbons (Fsp3) is 0.0600. The van der Waals surface area contributed by atoms with Crippen molar-refractivity contribution in [3.05, 3.63) is 199 Å². The number of benzene rings is 8. The Kier molecular flexibility index (Phi) is 8.63. The Hall–Kier alpha value is -6.29. The first-order chi connectivity index (χ1) is 26.2. The minimum atomic E-state index is -0.0151. The number of nitrogens with zero attached hydrogens (tertiary/aromatic N) is 1. The van der Waals surface area contributed by atoms with Crippen LogP contribution in [0.15, 0.2) is 187 Å². The van der Waals surface area contributed by atoms with Crippen molar-refractivity contribution in [1.29, 1.82) is 0 Å². The van der Waals surface area contributed by atoms with E-state index in [0.717, 1.165) is 34.5 Å². The molecule has 0 fully saturated rings. The van der Waals surface area contributed by atoms with E-state index < -0.39 is 0 Å². The van der Waals surface area contributed by atoms with Crippen molar-refractivity contribution in [2.24, 2.45) is 4.99 Å². The summed E-state index contributed by atoms with van der Waals surface area (Å²) in [6, 6.07) is 62.8. The van der Waals surface area contributed by atoms with Crippen LogP contribution in [0.5, 0.6) is 0 Å². The number of aliphatic imine (C=N–C) groups is 1. The van der Waals surface area contributed by atoms with Crippen molar-refractivity contribution in [1.82, 2.24) is 5.32 Å². The smallest absolute Gasteiger partial charge is 0.135 e. The zero-order valence-electron chi connectivity index (χ0n) is 29.6. The number of fused-ring (bicyclic) bond motifs is 6. The number of amidine groups is 1. The van der Waals surface area contributed by atoms with E-state index in [-0.39, 0.29) is 6.04 Å². The topological polar surface area (TPSA) is 24.4 Å². The van der Waals surface area contributed by atoms with Crippen molar-refractivity contribution in [2.45, 2.75) is 19.4 Å². The highest BCUT2D eigenvalue weighted by Crippen LogP contribution is 2.44. The molecule has 254 valence electrons. The summed E-state index contributed by atoms with van der Waals surface area (Å²) < 4.78 is 2.61. The molecule has 1 aromatic heterocycles. The lowest BCUT2D eigenvalue weighted by atomic mass is 9.93. The van der Waals surface area contributed by atoms with Gasteiger partial charge in [-0.25, -0.2) is 4.99 Å². The first-order valence-electron chi connectivity index (χ1n) is 18.3. The molecule has 0 saturated heterocycles. The molecule has 0 amide bonds. The van der Waals surface area contributed by atoms with Crippen LogP contribution in [0.4, 0.5) is 0 Å². The minimum Gasteiger partial charge on any atom is -0.363 e. The van der Waals surface area contributed by atoms with Gasteiger partial charge in [0.15, 0.2) is 0 Å². The zero-order valence-corrected chi connectivity index (χ0v) is 30.4. The summed E-state index contributed by atoms with van der Waals surface area (Å²) in [5.41, 5.74) is 8.92. The van der Waals surface area contributed by atoms with Crippen LogP contribution >= 0.6 is 11.3 Å². The highest BCUT2D eigenvalue weighted by Gasteiger charge is 2.22. The van der Waals surface area contributed by atoms with Gasteiger partial charge in [-0.2, -0.15) is 0 Å². The average Bonchev–Trinajstić information content (AvgIpc) is 3.62. The molecule has 0 aliphatic rings. The van der Waals surface area contributed by atoms with Crippen LogP contribution in [-0.2, 0) is 0 Å². The Bertz CT molecular complexity index is 2800. The Morgan fingerprint density at radius 1 is 0.604 bits per heavy atom. The minimum absolute atomic E-state index is 0.0151. The summed E-state index contributed by atoms with van der Waals surface area (Å²) in [7, 11) is 0. The van der Waals surface area contributed by atoms with E-state index in [1.807, 2.05) is 29.5 Å². The molecule has 1 atom stereocenters. The maximum atomic E-state index is 5.33. The largest absolute Gasteiger partial charge is 0.363 e. The van der Waals surface area contributed by atoms with Crippen LogP contribution in [0, 0.1) is 0 Å². The van der Waals surface area contributed by atoms with Crippen LogP contribution < -0.4 is 5.32 Å². The van der Waals surface area contributed by atoms with Crippen LogP contribution in [0.1, 0.15) is 36.1 Å². The van der Waals surface area contributed by atoms with Gasteiger partial charge in [0.1, 0.15) is 5.84 Å². The fourth-order valence-electron chi connectivity index (χ4n) is 7.66. The van der Waals surface area contributed by atoms with E-state index in [1.54, 1.807) is 0 Å². The number of hydrogen-bond donors (Lipinski definition) is 1. The lowest BCUT2D eigenvalue weighted by Crippen LogP contribution is -2.29. The van der Waals surface area contributed by atoms with E-state index >= 15 is 0 Å². The molecular formula is C50H38N2S. The molecule has 0 saturated carbocycles. The van der Waals surface area contributed by atoms with E-state index in [4.69, 9.17) is 4.99 Å². The van der Waals surface area contributed by atoms with E-state index in [1.165, 1.54) is 64.1 Å². The summed E-state index contributed by atoms with van der Waals surface area (Å²) >= 11 is 1.89. The molecule has 3 heteroatoms. The van der Waals surface area contributed by atoms with Crippen molar-refractivity contribution in [3.63, 3.8) is 0 Å². The molecule has 53 heavy (non-hydrogen) atoms. The van der Waals surface area contributed by atoms with Crippen molar-refractivity contribution < 1.29 is 0 Å². The molecule has 0 bridgehead atoms.